The van der Waals surface area contributed by atoms with Crippen LogP contribution in [0.2, 0.25) is 0 Å². The van der Waals surface area contributed by atoms with Crippen LogP contribution in [0, 0.1) is 0 Å². The number of carbonyl (C=O) groups is 1. The highest BCUT2D eigenvalue weighted by Crippen LogP contribution is 2.18. The Morgan fingerprint density at radius 3 is 2.10 bits per heavy atom. The highest BCUT2D eigenvalue weighted by Gasteiger charge is 2.26. The van der Waals surface area contributed by atoms with E-state index in [0.717, 1.165) is 37.0 Å². The Kier molecular flexibility index (Phi) is 7.55. The molecular weight excluding hydrogens is 386 g/mol. The van der Waals surface area contributed by atoms with E-state index in [4.69, 9.17) is 0 Å². The monoisotopic (exact) mass is 413 g/mol. The quantitative estimate of drug-likeness (QED) is 0.555. The summed E-state index contributed by atoms with van der Waals surface area (Å²) >= 11 is 0. The van der Waals surface area contributed by atoms with Crippen molar-refractivity contribution in [2.24, 2.45) is 5.10 Å². The van der Waals surface area contributed by atoms with Crippen LogP contribution in [-0.2, 0) is 21.4 Å². The third kappa shape index (κ3) is 6.24. The number of benzene rings is 2. The van der Waals surface area contributed by atoms with Crippen molar-refractivity contribution in [2.45, 2.75) is 50.0 Å². The first kappa shape index (κ1) is 21.2. The zero-order valence-electron chi connectivity index (χ0n) is 16.5. The number of hydrogen-bond donors (Lipinski definition) is 1. The van der Waals surface area contributed by atoms with E-state index in [2.05, 4.69) is 10.5 Å². The molecule has 0 saturated heterocycles. The van der Waals surface area contributed by atoms with Crippen molar-refractivity contribution in [3.63, 3.8) is 0 Å². The van der Waals surface area contributed by atoms with Crippen molar-refractivity contribution in [2.75, 3.05) is 6.54 Å². The summed E-state index contributed by atoms with van der Waals surface area (Å²) in [5, 5.41) is 4.25. The third-order valence-electron chi connectivity index (χ3n) is 4.92. The Bertz CT molecular complexity index is 918. The Morgan fingerprint density at radius 2 is 1.48 bits per heavy atom. The summed E-state index contributed by atoms with van der Waals surface area (Å²) < 4.78 is 27.5. The fraction of sp³-hybridized carbons (Fsp3) is 0.364. The van der Waals surface area contributed by atoms with E-state index >= 15 is 0 Å². The molecular formula is C22H27N3O3S. The maximum Gasteiger partial charge on any atom is 0.255 e. The van der Waals surface area contributed by atoms with Crippen LogP contribution in [0.4, 0.5) is 0 Å². The maximum atomic E-state index is 13.1. The van der Waals surface area contributed by atoms with Gasteiger partial charge in [0.2, 0.25) is 10.0 Å². The van der Waals surface area contributed by atoms with E-state index in [1.807, 2.05) is 30.3 Å². The van der Waals surface area contributed by atoms with Crippen LogP contribution >= 0.6 is 0 Å². The second kappa shape index (κ2) is 10.3. The first-order valence-corrected chi connectivity index (χ1v) is 11.4. The highest BCUT2D eigenvalue weighted by atomic mass is 32.2. The summed E-state index contributed by atoms with van der Waals surface area (Å²) in [7, 11) is -3.82. The number of hydrazone groups is 1. The van der Waals surface area contributed by atoms with Gasteiger partial charge in [-0.3, -0.25) is 4.79 Å². The predicted molar refractivity (Wildman–Crippen MR) is 114 cm³/mol. The minimum atomic E-state index is -3.82. The van der Waals surface area contributed by atoms with Gasteiger partial charge in [-0.2, -0.15) is 9.41 Å². The highest BCUT2D eigenvalue weighted by molar-refractivity contribution is 7.89. The molecule has 6 nitrogen and oxygen atoms in total. The van der Waals surface area contributed by atoms with Gasteiger partial charge in [-0.25, -0.2) is 13.8 Å². The summed E-state index contributed by atoms with van der Waals surface area (Å²) in [5.74, 6) is -0.433. The van der Waals surface area contributed by atoms with Gasteiger partial charge in [0.05, 0.1) is 11.4 Å². The van der Waals surface area contributed by atoms with Crippen LogP contribution in [0.5, 0.6) is 0 Å². The summed E-state index contributed by atoms with van der Waals surface area (Å²) in [6.07, 6.45) is 6.31. The van der Waals surface area contributed by atoms with Crippen molar-refractivity contribution >= 4 is 21.6 Å². The van der Waals surface area contributed by atoms with Gasteiger partial charge in [0.15, 0.2) is 0 Å². The normalized spacial score (nSPS) is 15.0. The maximum absolute atomic E-state index is 13.1. The average molecular weight is 414 g/mol. The zero-order valence-corrected chi connectivity index (χ0v) is 17.3. The van der Waals surface area contributed by atoms with Crippen LogP contribution in [0.1, 0.15) is 44.1 Å². The van der Waals surface area contributed by atoms with Gasteiger partial charge in [0.25, 0.3) is 5.91 Å². The molecule has 1 aliphatic rings. The van der Waals surface area contributed by atoms with Crippen molar-refractivity contribution < 1.29 is 13.2 Å². The van der Waals surface area contributed by atoms with Gasteiger partial charge in [-0.15, -0.1) is 0 Å². The standard InChI is InChI=1S/C22H27N3O3S/c26-22(24-23-20-13-7-1-2-8-14-20)18-25(17-19-11-5-3-6-12-19)29(27,28)21-15-9-4-10-16-21/h3-6,9-12,15-16H,1-2,7-8,13-14,17-18H2,(H,24,26). The molecule has 154 valence electrons. The van der Waals surface area contributed by atoms with E-state index in [9.17, 15) is 13.2 Å². The van der Waals surface area contributed by atoms with Gasteiger partial charge in [-0.1, -0.05) is 61.4 Å². The molecule has 0 bridgehead atoms. The minimum Gasteiger partial charge on any atom is -0.272 e. The number of rotatable bonds is 7. The topological polar surface area (TPSA) is 78.8 Å². The second-order valence-electron chi connectivity index (χ2n) is 7.20. The average Bonchev–Trinajstić information content (AvgIpc) is 3.02. The zero-order chi connectivity index (χ0) is 20.5. The first-order chi connectivity index (χ1) is 14.1. The van der Waals surface area contributed by atoms with E-state index in [-0.39, 0.29) is 18.0 Å². The van der Waals surface area contributed by atoms with Gasteiger partial charge >= 0.3 is 0 Å². The molecule has 3 rings (SSSR count). The largest absolute Gasteiger partial charge is 0.272 e. The van der Waals surface area contributed by atoms with E-state index < -0.39 is 15.9 Å². The van der Waals surface area contributed by atoms with Crippen molar-refractivity contribution in [3.8, 4) is 0 Å². The third-order valence-corrected chi connectivity index (χ3v) is 6.73. The summed E-state index contributed by atoms with van der Waals surface area (Å²) in [6.45, 7) is -0.176. The molecule has 0 spiro atoms. The number of nitrogens with one attached hydrogen (secondary N) is 1. The Morgan fingerprint density at radius 1 is 0.897 bits per heavy atom. The molecule has 1 saturated carbocycles. The van der Waals surface area contributed by atoms with Crippen LogP contribution in [0.25, 0.3) is 0 Å². The molecule has 0 unspecified atom stereocenters. The van der Waals surface area contributed by atoms with Gasteiger partial charge in [0.1, 0.15) is 0 Å². The molecule has 0 heterocycles. The lowest BCUT2D eigenvalue weighted by Gasteiger charge is -2.21. The number of amides is 1. The molecule has 1 N–H and O–H groups in total. The van der Waals surface area contributed by atoms with Crippen LogP contribution in [-0.4, -0.2) is 30.9 Å². The van der Waals surface area contributed by atoms with Crippen molar-refractivity contribution in [1.29, 1.82) is 0 Å². The molecule has 2 aromatic rings. The molecule has 1 fully saturated rings. The minimum absolute atomic E-state index is 0.113. The van der Waals surface area contributed by atoms with Gasteiger partial charge < -0.3 is 0 Å². The van der Waals surface area contributed by atoms with Crippen LogP contribution in [0.3, 0.4) is 0 Å². The number of carbonyl (C=O) groups excluding carboxylic acids is 1. The smallest absolute Gasteiger partial charge is 0.255 e. The van der Waals surface area contributed by atoms with Crippen LogP contribution < -0.4 is 5.43 Å². The summed E-state index contributed by atoms with van der Waals surface area (Å²) in [5.41, 5.74) is 4.36. The SMILES string of the molecule is O=C(CN(Cc1ccccc1)S(=O)(=O)c1ccccc1)NN=C1CCCCCC1. The van der Waals surface area contributed by atoms with E-state index in [1.165, 1.54) is 29.3 Å². The van der Waals surface area contributed by atoms with Gasteiger partial charge in [0, 0.05) is 12.3 Å². The second-order valence-corrected chi connectivity index (χ2v) is 9.14. The molecule has 0 radical (unpaired) electrons. The molecule has 1 aliphatic carbocycles. The molecule has 2 aromatic carbocycles. The Balaban J connectivity index is 1.76. The lowest BCUT2D eigenvalue weighted by atomic mass is 10.2. The number of hydrogen-bond acceptors (Lipinski definition) is 4. The van der Waals surface area contributed by atoms with E-state index in [1.54, 1.807) is 18.2 Å². The fourth-order valence-electron chi connectivity index (χ4n) is 3.34. The van der Waals surface area contributed by atoms with Crippen LogP contribution in [0.15, 0.2) is 70.7 Å². The summed E-state index contributed by atoms with van der Waals surface area (Å²) in [6, 6.07) is 17.4. The molecule has 29 heavy (non-hydrogen) atoms. The molecule has 0 atom stereocenters. The fourth-order valence-corrected chi connectivity index (χ4v) is 4.75. The van der Waals surface area contributed by atoms with Crippen molar-refractivity contribution in [1.82, 2.24) is 9.73 Å². The molecule has 7 heteroatoms. The van der Waals surface area contributed by atoms with E-state index in [0.29, 0.717) is 0 Å². The Labute approximate surface area is 172 Å². The summed E-state index contributed by atoms with van der Waals surface area (Å²) in [4.78, 5) is 12.7. The van der Waals surface area contributed by atoms with Gasteiger partial charge in [-0.05, 0) is 43.4 Å². The predicted octanol–water partition coefficient (Wildman–Crippen LogP) is 3.70. The molecule has 0 aliphatic heterocycles. The lowest BCUT2D eigenvalue weighted by molar-refractivity contribution is -0.121. The lowest BCUT2D eigenvalue weighted by Crippen LogP contribution is -2.39. The van der Waals surface area contributed by atoms with Crippen molar-refractivity contribution in [3.05, 3.63) is 66.2 Å². The number of sulfonamides is 1. The first-order valence-electron chi connectivity index (χ1n) is 9.99. The molecule has 0 aromatic heterocycles. The molecule has 1 amide bonds. The number of nitrogens with zero attached hydrogens (tertiary/aromatic N) is 2. The Hall–Kier alpha value is -2.51.